The molecule has 1 aromatic carbocycles. The Kier molecular flexibility index (Phi) is 4.38. The quantitative estimate of drug-likeness (QED) is 0.918. The molecule has 0 aliphatic rings. The predicted octanol–water partition coefficient (Wildman–Crippen LogP) is 3.80. The number of nitrogen functional groups attached to an aromatic ring is 1. The Morgan fingerprint density at radius 3 is 2.25 bits per heavy atom. The van der Waals surface area contributed by atoms with Gasteiger partial charge in [-0.3, -0.25) is 0 Å². The third-order valence-corrected chi connectivity index (χ3v) is 3.46. The van der Waals surface area contributed by atoms with Gasteiger partial charge in [0.05, 0.1) is 0 Å². The number of aryl methyl sites for hydroxylation is 1. The van der Waals surface area contributed by atoms with Crippen LogP contribution in [0.2, 0.25) is 0 Å². The summed E-state index contributed by atoms with van der Waals surface area (Å²) in [5.74, 6) is 1.98. The maximum Gasteiger partial charge on any atom is 0.161 e. The van der Waals surface area contributed by atoms with Gasteiger partial charge in [0.25, 0.3) is 0 Å². The molecule has 0 radical (unpaired) electrons. The highest BCUT2D eigenvalue weighted by molar-refractivity contribution is 5.59. The molecule has 2 rings (SSSR count). The average molecular weight is 269 g/mol. The second-order valence-corrected chi connectivity index (χ2v) is 5.64. The molecule has 106 valence electrons. The number of aromatic nitrogens is 2. The second-order valence-electron chi connectivity index (χ2n) is 5.64. The molecule has 0 fully saturated rings. The van der Waals surface area contributed by atoms with Crippen molar-refractivity contribution in [2.45, 2.75) is 40.5 Å². The van der Waals surface area contributed by atoms with Crippen LogP contribution in [0, 0.1) is 12.8 Å². The van der Waals surface area contributed by atoms with Crippen molar-refractivity contribution >= 4 is 5.82 Å². The smallest absolute Gasteiger partial charge is 0.161 e. The van der Waals surface area contributed by atoms with Crippen molar-refractivity contribution in [1.29, 1.82) is 0 Å². The molecule has 2 aromatic rings. The molecule has 2 N–H and O–H groups in total. The van der Waals surface area contributed by atoms with Crippen molar-refractivity contribution in [3.8, 4) is 11.4 Å². The fraction of sp³-hybridized carbons (Fsp3) is 0.412. The molecule has 0 aliphatic carbocycles. The molecular weight excluding hydrogens is 246 g/mol. The molecule has 3 heteroatoms. The Morgan fingerprint density at radius 2 is 1.75 bits per heavy atom. The molecule has 3 nitrogen and oxygen atoms in total. The molecule has 0 amide bonds. The van der Waals surface area contributed by atoms with Crippen LogP contribution in [0.4, 0.5) is 5.82 Å². The first kappa shape index (κ1) is 14.5. The van der Waals surface area contributed by atoms with Gasteiger partial charge in [0.1, 0.15) is 5.82 Å². The highest BCUT2D eigenvalue weighted by Crippen LogP contribution is 2.21. The molecule has 1 heterocycles. The fourth-order valence-electron chi connectivity index (χ4n) is 2.45. The monoisotopic (exact) mass is 269 g/mol. The molecular formula is C17H23N3. The minimum absolute atomic E-state index is 0.598. The van der Waals surface area contributed by atoms with E-state index in [2.05, 4.69) is 55.0 Å². The molecule has 0 bridgehead atoms. The zero-order valence-electron chi connectivity index (χ0n) is 12.8. The van der Waals surface area contributed by atoms with Gasteiger partial charge in [0.2, 0.25) is 0 Å². The zero-order valence-corrected chi connectivity index (χ0v) is 12.8. The Hall–Kier alpha value is -1.90. The summed E-state index contributed by atoms with van der Waals surface area (Å²) in [5, 5.41) is 0. The Balaban J connectivity index is 2.32. The molecule has 20 heavy (non-hydrogen) atoms. The van der Waals surface area contributed by atoms with Gasteiger partial charge in [-0.25, -0.2) is 9.97 Å². The number of rotatable bonds is 4. The summed E-state index contributed by atoms with van der Waals surface area (Å²) in [6, 6.07) is 8.46. The SMILES string of the molecule is CCc1c(C)nc(-c2ccc(CC(C)C)cc2)nc1N. The number of hydrogen-bond donors (Lipinski definition) is 1. The molecule has 0 atom stereocenters. The van der Waals surface area contributed by atoms with Crippen molar-refractivity contribution in [1.82, 2.24) is 9.97 Å². The van der Waals surface area contributed by atoms with Gasteiger partial charge in [-0.2, -0.15) is 0 Å². The number of benzene rings is 1. The Labute approximate surface area is 121 Å². The lowest BCUT2D eigenvalue weighted by molar-refractivity contribution is 0.647. The van der Waals surface area contributed by atoms with Crippen LogP contribution in [0.1, 0.15) is 37.6 Å². The molecule has 0 saturated carbocycles. The molecule has 1 aromatic heterocycles. The van der Waals surface area contributed by atoms with Gasteiger partial charge >= 0.3 is 0 Å². The maximum atomic E-state index is 6.01. The van der Waals surface area contributed by atoms with Crippen molar-refractivity contribution in [2.75, 3.05) is 5.73 Å². The van der Waals surface area contributed by atoms with Crippen molar-refractivity contribution in [3.05, 3.63) is 41.1 Å². The van der Waals surface area contributed by atoms with Crippen LogP contribution in [0.25, 0.3) is 11.4 Å². The highest BCUT2D eigenvalue weighted by atomic mass is 15.0. The van der Waals surface area contributed by atoms with E-state index in [4.69, 9.17) is 5.73 Å². The zero-order chi connectivity index (χ0) is 14.7. The standard InChI is InChI=1S/C17H23N3/c1-5-15-12(4)19-17(20-16(15)18)14-8-6-13(7-9-14)10-11(2)3/h6-9,11H,5,10H2,1-4H3,(H2,18,19,20). The maximum absolute atomic E-state index is 6.01. The van der Waals surface area contributed by atoms with E-state index in [0.29, 0.717) is 17.6 Å². The number of nitrogens with zero attached hydrogens (tertiary/aromatic N) is 2. The summed E-state index contributed by atoms with van der Waals surface area (Å²) >= 11 is 0. The van der Waals surface area contributed by atoms with Crippen LogP contribution in [-0.4, -0.2) is 9.97 Å². The lowest BCUT2D eigenvalue weighted by Crippen LogP contribution is -2.04. The third kappa shape index (κ3) is 3.16. The first-order chi connectivity index (χ1) is 9.51. The van der Waals surface area contributed by atoms with E-state index >= 15 is 0 Å². The minimum atomic E-state index is 0.598. The van der Waals surface area contributed by atoms with E-state index in [1.54, 1.807) is 0 Å². The van der Waals surface area contributed by atoms with E-state index in [1.165, 1.54) is 5.56 Å². The summed E-state index contributed by atoms with van der Waals surface area (Å²) in [5.41, 5.74) is 10.4. The van der Waals surface area contributed by atoms with E-state index in [-0.39, 0.29) is 0 Å². The molecule has 0 saturated heterocycles. The summed E-state index contributed by atoms with van der Waals surface area (Å²) in [6.07, 6.45) is 1.96. The van der Waals surface area contributed by atoms with E-state index < -0.39 is 0 Å². The summed E-state index contributed by atoms with van der Waals surface area (Å²) in [7, 11) is 0. The van der Waals surface area contributed by atoms with E-state index in [9.17, 15) is 0 Å². The van der Waals surface area contributed by atoms with Crippen LogP contribution in [0.3, 0.4) is 0 Å². The van der Waals surface area contributed by atoms with Gasteiger partial charge in [-0.1, -0.05) is 45.0 Å². The second kappa shape index (κ2) is 6.04. The Bertz CT molecular complexity index is 563. The highest BCUT2D eigenvalue weighted by Gasteiger charge is 2.09. The number of hydrogen-bond acceptors (Lipinski definition) is 3. The third-order valence-electron chi connectivity index (χ3n) is 3.46. The summed E-state index contributed by atoms with van der Waals surface area (Å²) in [6.45, 7) is 8.52. The van der Waals surface area contributed by atoms with Crippen molar-refractivity contribution in [3.63, 3.8) is 0 Å². The lowest BCUT2D eigenvalue weighted by Gasteiger charge is -2.10. The molecule has 0 unspecified atom stereocenters. The van der Waals surface area contributed by atoms with Crippen LogP contribution in [0.15, 0.2) is 24.3 Å². The lowest BCUT2D eigenvalue weighted by atomic mass is 10.0. The van der Waals surface area contributed by atoms with Crippen LogP contribution in [0.5, 0.6) is 0 Å². The van der Waals surface area contributed by atoms with Crippen molar-refractivity contribution in [2.24, 2.45) is 5.92 Å². The van der Waals surface area contributed by atoms with Gasteiger partial charge < -0.3 is 5.73 Å². The van der Waals surface area contributed by atoms with Crippen molar-refractivity contribution < 1.29 is 0 Å². The van der Waals surface area contributed by atoms with Crippen LogP contribution < -0.4 is 5.73 Å². The van der Waals surface area contributed by atoms with E-state index in [1.807, 2.05) is 6.92 Å². The predicted molar refractivity (Wildman–Crippen MR) is 84.5 cm³/mol. The topological polar surface area (TPSA) is 51.8 Å². The minimum Gasteiger partial charge on any atom is -0.383 e. The summed E-state index contributed by atoms with van der Waals surface area (Å²) < 4.78 is 0. The first-order valence-electron chi connectivity index (χ1n) is 7.23. The fourth-order valence-corrected chi connectivity index (χ4v) is 2.45. The van der Waals surface area contributed by atoms with Gasteiger partial charge in [-0.05, 0) is 31.2 Å². The normalized spacial score (nSPS) is 11.1. The van der Waals surface area contributed by atoms with E-state index in [0.717, 1.165) is 29.7 Å². The molecule has 0 aliphatic heterocycles. The Morgan fingerprint density at radius 1 is 1.10 bits per heavy atom. The molecule has 0 spiro atoms. The summed E-state index contributed by atoms with van der Waals surface area (Å²) in [4.78, 5) is 9.01. The van der Waals surface area contributed by atoms with Crippen LogP contribution in [-0.2, 0) is 12.8 Å². The number of anilines is 1. The van der Waals surface area contributed by atoms with Gasteiger partial charge in [0, 0.05) is 16.8 Å². The van der Waals surface area contributed by atoms with Gasteiger partial charge in [0.15, 0.2) is 5.82 Å². The number of nitrogens with two attached hydrogens (primary N) is 1. The van der Waals surface area contributed by atoms with Gasteiger partial charge in [-0.15, -0.1) is 0 Å². The average Bonchev–Trinajstić information content (AvgIpc) is 2.38. The first-order valence-corrected chi connectivity index (χ1v) is 7.23. The van der Waals surface area contributed by atoms with Crippen LogP contribution >= 0.6 is 0 Å². The largest absolute Gasteiger partial charge is 0.383 e.